The number of thiophene rings is 1. The van der Waals surface area contributed by atoms with E-state index in [4.69, 9.17) is 15.0 Å². The van der Waals surface area contributed by atoms with Crippen LogP contribution in [0.1, 0.15) is 5.56 Å². The SMILES string of the molecule is N#Cc1ccc2c3ccccc3n(-c3ccc(-c4ccc5c(c4)sc4ccccc45)cc3-c3nc(-c4ccccc4)nc(-c4ccccc4)n3)c2c1. The number of aromatic nitrogens is 4. The van der Waals surface area contributed by atoms with Crippen molar-refractivity contribution in [1.29, 1.82) is 5.26 Å². The fourth-order valence-electron chi connectivity index (χ4n) is 7.22. The van der Waals surface area contributed by atoms with Gasteiger partial charge in [-0.15, -0.1) is 11.3 Å². The Morgan fingerprint density at radius 3 is 1.77 bits per heavy atom. The number of nitriles is 1. The molecule has 6 heteroatoms. The Kier molecular flexibility index (Phi) is 6.98. The lowest BCUT2D eigenvalue weighted by Gasteiger charge is -2.16. The summed E-state index contributed by atoms with van der Waals surface area (Å²) in [5, 5.41) is 14.7. The molecule has 0 unspecified atom stereocenters. The van der Waals surface area contributed by atoms with Crippen LogP contribution in [0, 0.1) is 11.3 Å². The lowest BCUT2D eigenvalue weighted by Crippen LogP contribution is -2.04. The van der Waals surface area contributed by atoms with E-state index in [0.717, 1.165) is 55.3 Å². The third-order valence-corrected chi connectivity index (χ3v) is 10.8. The van der Waals surface area contributed by atoms with Gasteiger partial charge in [-0.2, -0.15) is 5.26 Å². The monoisotopic (exact) mass is 681 g/mol. The van der Waals surface area contributed by atoms with Crippen molar-refractivity contribution in [2.45, 2.75) is 0 Å². The summed E-state index contributed by atoms with van der Waals surface area (Å²) in [7, 11) is 0. The molecule has 242 valence electrons. The van der Waals surface area contributed by atoms with Gasteiger partial charge in [-0.3, -0.25) is 0 Å². The van der Waals surface area contributed by atoms with Crippen LogP contribution in [0.25, 0.3) is 93.0 Å². The highest BCUT2D eigenvalue weighted by Gasteiger charge is 2.21. The lowest BCUT2D eigenvalue weighted by molar-refractivity contribution is 1.06. The number of nitrogens with zero attached hydrogens (tertiary/aromatic N) is 5. The van der Waals surface area contributed by atoms with Crippen LogP contribution in [0.2, 0.25) is 0 Å². The second-order valence-corrected chi connectivity index (χ2v) is 13.9. The number of para-hydroxylation sites is 1. The first-order valence-electron chi connectivity index (χ1n) is 17.1. The van der Waals surface area contributed by atoms with Crippen molar-refractivity contribution in [1.82, 2.24) is 19.5 Å². The van der Waals surface area contributed by atoms with Crippen LogP contribution in [-0.4, -0.2) is 19.5 Å². The summed E-state index contributed by atoms with van der Waals surface area (Å²) >= 11 is 1.81. The highest BCUT2D eigenvalue weighted by atomic mass is 32.1. The molecule has 5 nitrogen and oxygen atoms in total. The first kappa shape index (κ1) is 29.9. The van der Waals surface area contributed by atoms with E-state index in [1.54, 1.807) is 0 Å². The molecule has 0 fully saturated rings. The fraction of sp³-hybridized carbons (Fsp3) is 0. The van der Waals surface area contributed by atoms with Crippen LogP contribution in [0.4, 0.5) is 0 Å². The van der Waals surface area contributed by atoms with Crippen molar-refractivity contribution >= 4 is 53.3 Å². The Labute approximate surface area is 303 Å². The van der Waals surface area contributed by atoms with Gasteiger partial charge in [0.2, 0.25) is 0 Å². The molecule has 10 rings (SSSR count). The number of benzene rings is 7. The number of hydrogen-bond donors (Lipinski definition) is 0. The Morgan fingerprint density at radius 2 is 1.02 bits per heavy atom. The maximum Gasteiger partial charge on any atom is 0.166 e. The van der Waals surface area contributed by atoms with Gasteiger partial charge >= 0.3 is 0 Å². The van der Waals surface area contributed by atoms with Crippen LogP contribution >= 0.6 is 11.3 Å². The normalized spacial score (nSPS) is 11.4. The van der Waals surface area contributed by atoms with Gasteiger partial charge in [-0.05, 0) is 53.6 Å². The molecule has 0 saturated carbocycles. The van der Waals surface area contributed by atoms with Crippen molar-refractivity contribution in [3.05, 3.63) is 169 Å². The molecular formula is C46H27N5S. The van der Waals surface area contributed by atoms with Crippen LogP contribution < -0.4 is 0 Å². The van der Waals surface area contributed by atoms with Gasteiger partial charge in [0.1, 0.15) is 0 Å². The summed E-state index contributed by atoms with van der Waals surface area (Å²) in [5.41, 5.74) is 8.34. The summed E-state index contributed by atoms with van der Waals surface area (Å²) < 4.78 is 4.77. The van der Waals surface area contributed by atoms with E-state index < -0.39 is 0 Å². The van der Waals surface area contributed by atoms with Crippen LogP contribution in [0.5, 0.6) is 0 Å². The van der Waals surface area contributed by atoms with Crippen LogP contribution in [-0.2, 0) is 0 Å². The minimum atomic E-state index is 0.565. The third kappa shape index (κ3) is 4.95. The molecule has 0 aliphatic heterocycles. The number of rotatable bonds is 5. The molecule has 10 aromatic rings. The highest BCUT2D eigenvalue weighted by Crippen LogP contribution is 2.40. The zero-order valence-corrected chi connectivity index (χ0v) is 28.5. The van der Waals surface area contributed by atoms with E-state index in [2.05, 4.69) is 95.6 Å². The Bertz CT molecular complexity index is 2970. The molecular weight excluding hydrogens is 655 g/mol. The largest absolute Gasteiger partial charge is 0.308 e. The molecule has 0 radical (unpaired) electrons. The van der Waals surface area contributed by atoms with E-state index in [1.165, 1.54) is 20.2 Å². The maximum absolute atomic E-state index is 9.94. The Hall–Kier alpha value is -6.94. The van der Waals surface area contributed by atoms with Gasteiger partial charge < -0.3 is 4.57 Å². The summed E-state index contributed by atoms with van der Waals surface area (Å²) in [6.45, 7) is 0. The van der Waals surface area contributed by atoms with E-state index in [0.29, 0.717) is 23.0 Å². The minimum absolute atomic E-state index is 0.565. The third-order valence-electron chi connectivity index (χ3n) is 9.69. The van der Waals surface area contributed by atoms with Crippen LogP contribution in [0.15, 0.2) is 164 Å². The van der Waals surface area contributed by atoms with Gasteiger partial charge in [0, 0.05) is 47.6 Å². The first-order chi connectivity index (χ1) is 25.7. The topological polar surface area (TPSA) is 67.4 Å². The zero-order valence-electron chi connectivity index (χ0n) is 27.7. The van der Waals surface area contributed by atoms with Gasteiger partial charge in [-0.1, -0.05) is 121 Å². The lowest BCUT2D eigenvalue weighted by atomic mass is 9.99. The summed E-state index contributed by atoms with van der Waals surface area (Å²) in [6, 6.07) is 58.6. The summed E-state index contributed by atoms with van der Waals surface area (Å²) in [4.78, 5) is 15.4. The second-order valence-electron chi connectivity index (χ2n) is 12.8. The van der Waals surface area contributed by atoms with Gasteiger partial charge in [0.25, 0.3) is 0 Å². The van der Waals surface area contributed by atoms with Crippen LogP contribution in [0.3, 0.4) is 0 Å². The molecule has 0 N–H and O–H groups in total. The first-order valence-corrected chi connectivity index (χ1v) is 17.9. The standard InChI is InChI=1S/C46H27N5S/c47-28-29-19-22-35-34-15-7-9-17-39(34)51(41(35)25-29)40-24-21-32(33-20-23-37-36-16-8-10-18-42(36)52-43(37)27-33)26-38(40)46-49-44(30-11-3-1-4-12-30)48-45(50-46)31-13-5-2-6-14-31/h1-27H. The Morgan fingerprint density at radius 1 is 0.442 bits per heavy atom. The highest BCUT2D eigenvalue weighted by molar-refractivity contribution is 7.25. The molecule has 0 aliphatic carbocycles. The van der Waals surface area contributed by atoms with Crippen molar-refractivity contribution in [3.63, 3.8) is 0 Å². The van der Waals surface area contributed by atoms with Gasteiger partial charge in [0.15, 0.2) is 17.5 Å². The molecule has 0 spiro atoms. The van der Waals surface area contributed by atoms with Crippen molar-refractivity contribution in [2.24, 2.45) is 0 Å². The molecule has 0 atom stereocenters. The molecule has 0 bridgehead atoms. The van der Waals surface area contributed by atoms with Gasteiger partial charge in [-0.25, -0.2) is 15.0 Å². The molecule has 52 heavy (non-hydrogen) atoms. The predicted octanol–water partition coefficient (Wildman–Crippen LogP) is 11.9. The molecule has 7 aromatic carbocycles. The second kappa shape index (κ2) is 12.1. The maximum atomic E-state index is 9.94. The predicted molar refractivity (Wildman–Crippen MR) is 214 cm³/mol. The molecule has 3 heterocycles. The van der Waals surface area contributed by atoms with E-state index >= 15 is 0 Å². The molecule has 0 amide bonds. The number of fused-ring (bicyclic) bond motifs is 6. The molecule has 3 aromatic heterocycles. The van der Waals surface area contributed by atoms with Crippen molar-refractivity contribution < 1.29 is 0 Å². The van der Waals surface area contributed by atoms with E-state index in [1.807, 2.05) is 90.2 Å². The van der Waals surface area contributed by atoms with Crippen molar-refractivity contribution in [3.8, 4) is 57.0 Å². The average Bonchev–Trinajstić information content (AvgIpc) is 3.76. The average molecular weight is 682 g/mol. The summed E-state index contributed by atoms with van der Waals surface area (Å²) in [5.74, 6) is 1.76. The smallest absolute Gasteiger partial charge is 0.166 e. The van der Waals surface area contributed by atoms with Crippen molar-refractivity contribution in [2.75, 3.05) is 0 Å². The minimum Gasteiger partial charge on any atom is -0.308 e. The number of hydrogen-bond acceptors (Lipinski definition) is 5. The Balaban J connectivity index is 1.27. The summed E-state index contributed by atoms with van der Waals surface area (Å²) in [6.07, 6.45) is 0. The molecule has 0 aliphatic rings. The van der Waals surface area contributed by atoms with E-state index in [-0.39, 0.29) is 0 Å². The molecule has 0 saturated heterocycles. The van der Waals surface area contributed by atoms with E-state index in [9.17, 15) is 5.26 Å². The zero-order chi connectivity index (χ0) is 34.6. The fourth-order valence-corrected chi connectivity index (χ4v) is 8.37. The quantitative estimate of drug-likeness (QED) is 0.181. The van der Waals surface area contributed by atoms with Gasteiger partial charge in [0.05, 0.1) is 28.4 Å².